The van der Waals surface area contributed by atoms with E-state index in [2.05, 4.69) is 15.6 Å². The zero-order chi connectivity index (χ0) is 24.4. The molecular formula is C25H25FN4O5. The molecule has 10 heteroatoms. The number of amides is 3. The lowest BCUT2D eigenvalue weighted by molar-refractivity contribution is -0.146. The quantitative estimate of drug-likeness (QED) is 0.577. The number of benzene rings is 1. The van der Waals surface area contributed by atoms with Gasteiger partial charge in [-0.3, -0.25) is 19.4 Å². The van der Waals surface area contributed by atoms with E-state index in [9.17, 15) is 18.8 Å². The number of furan rings is 1. The lowest BCUT2D eigenvalue weighted by Gasteiger charge is -2.38. The second-order valence-corrected chi connectivity index (χ2v) is 8.75. The Morgan fingerprint density at radius 3 is 2.57 bits per heavy atom. The first-order chi connectivity index (χ1) is 17.0. The first-order valence-corrected chi connectivity index (χ1v) is 11.6. The molecule has 1 aliphatic heterocycles. The minimum Gasteiger partial charge on any atom is -0.447 e. The number of pyridine rings is 1. The largest absolute Gasteiger partial charge is 0.447 e. The third-order valence-corrected chi connectivity index (χ3v) is 6.53. The van der Waals surface area contributed by atoms with Crippen LogP contribution in [-0.2, 0) is 14.3 Å². The molecule has 1 saturated heterocycles. The Balaban J connectivity index is 1.30. The van der Waals surface area contributed by atoms with E-state index in [-0.39, 0.29) is 41.8 Å². The van der Waals surface area contributed by atoms with Crippen molar-refractivity contribution >= 4 is 40.2 Å². The van der Waals surface area contributed by atoms with Gasteiger partial charge in [0.2, 0.25) is 17.6 Å². The third-order valence-electron chi connectivity index (χ3n) is 6.53. The number of aromatic nitrogens is 1. The molecule has 1 aromatic carbocycles. The summed E-state index contributed by atoms with van der Waals surface area (Å²) >= 11 is 0. The van der Waals surface area contributed by atoms with Crippen molar-refractivity contribution in [1.82, 2.24) is 9.88 Å². The van der Waals surface area contributed by atoms with Crippen molar-refractivity contribution in [3.63, 3.8) is 0 Å². The summed E-state index contributed by atoms with van der Waals surface area (Å²) in [6, 6.07) is 8.79. The summed E-state index contributed by atoms with van der Waals surface area (Å²) in [6.07, 6.45) is 4.26. The van der Waals surface area contributed by atoms with Crippen LogP contribution in [0.1, 0.15) is 36.2 Å². The maximum absolute atomic E-state index is 13.2. The summed E-state index contributed by atoms with van der Waals surface area (Å²) < 4.78 is 24.2. The lowest BCUT2D eigenvalue weighted by atomic mass is 9.84. The minimum atomic E-state index is -0.584. The van der Waals surface area contributed by atoms with E-state index in [4.69, 9.17) is 9.15 Å². The maximum Gasteiger partial charge on any atom is 0.293 e. The van der Waals surface area contributed by atoms with Gasteiger partial charge >= 0.3 is 0 Å². The van der Waals surface area contributed by atoms with Gasteiger partial charge in [0.15, 0.2) is 5.58 Å². The number of fused-ring (bicyclic) bond motifs is 1. The third kappa shape index (κ3) is 4.88. The van der Waals surface area contributed by atoms with Crippen LogP contribution in [0.2, 0.25) is 0 Å². The normalized spacial score (nSPS) is 20.6. The Kier molecular flexibility index (Phi) is 6.45. The smallest absolute Gasteiger partial charge is 0.293 e. The molecule has 3 heterocycles. The molecular weight excluding hydrogens is 455 g/mol. The number of hydrogen-bond acceptors (Lipinski definition) is 6. The number of ether oxygens (including phenoxy) is 1. The van der Waals surface area contributed by atoms with Crippen LogP contribution in [-0.4, -0.2) is 53.4 Å². The molecule has 2 aromatic heterocycles. The van der Waals surface area contributed by atoms with Crippen molar-refractivity contribution < 1.29 is 27.9 Å². The van der Waals surface area contributed by atoms with Gasteiger partial charge in [-0.05, 0) is 62.1 Å². The summed E-state index contributed by atoms with van der Waals surface area (Å²) in [5.74, 6) is -1.57. The summed E-state index contributed by atoms with van der Waals surface area (Å²) in [5, 5.41) is 5.53. The van der Waals surface area contributed by atoms with Crippen molar-refractivity contribution in [2.24, 2.45) is 5.92 Å². The lowest BCUT2D eigenvalue weighted by Crippen LogP contribution is -2.49. The van der Waals surface area contributed by atoms with E-state index in [1.807, 2.05) is 4.90 Å². The molecule has 5 rings (SSSR count). The fraction of sp³-hybridized carbons (Fsp3) is 0.360. The molecule has 3 aromatic rings. The van der Waals surface area contributed by atoms with Gasteiger partial charge in [-0.15, -0.1) is 0 Å². The summed E-state index contributed by atoms with van der Waals surface area (Å²) in [6.45, 7) is 1.23. The van der Waals surface area contributed by atoms with Gasteiger partial charge in [-0.1, -0.05) is 0 Å². The molecule has 2 fully saturated rings. The number of hydrogen-bond donors (Lipinski definition) is 2. The zero-order valence-electron chi connectivity index (χ0n) is 19.0. The SMILES string of the molecule is O=C(Nc1ccc(F)cc1)c1oc2cccnc2c1NC(=O)C1CCC(N2CCOCC2=O)CC1. The number of nitrogens with zero attached hydrogens (tertiary/aromatic N) is 2. The summed E-state index contributed by atoms with van der Waals surface area (Å²) in [4.78, 5) is 44.4. The number of morpholine rings is 1. The first kappa shape index (κ1) is 23.0. The molecule has 1 aliphatic carbocycles. The molecule has 0 unspecified atom stereocenters. The maximum atomic E-state index is 13.2. The minimum absolute atomic E-state index is 0.00287. The van der Waals surface area contributed by atoms with E-state index in [1.165, 1.54) is 24.3 Å². The standard InChI is InChI=1S/C25H25FN4O5/c26-16-5-7-17(8-6-16)28-25(33)23-22(21-19(35-23)2-1-11-27-21)29-24(32)15-3-9-18(10-4-15)30-12-13-34-14-20(30)31/h1-2,5-8,11,15,18H,3-4,9-10,12-14H2,(H,28,33)(H,29,32). The van der Waals surface area contributed by atoms with E-state index in [0.29, 0.717) is 42.8 Å². The van der Waals surface area contributed by atoms with Crippen molar-refractivity contribution in [1.29, 1.82) is 0 Å². The number of halogens is 1. The zero-order valence-corrected chi connectivity index (χ0v) is 19.0. The van der Waals surface area contributed by atoms with Crippen LogP contribution in [0.4, 0.5) is 15.8 Å². The number of rotatable bonds is 5. The number of carbonyl (C=O) groups excluding carboxylic acids is 3. The van der Waals surface area contributed by atoms with Crippen LogP contribution in [0.5, 0.6) is 0 Å². The molecule has 0 bridgehead atoms. The average Bonchev–Trinajstić information content (AvgIpc) is 3.24. The number of carbonyl (C=O) groups is 3. The van der Waals surface area contributed by atoms with Gasteiger partial charge < -0.3 is 24.7 Å². The van der Waals surface area contributed by atoms with E-state index in [1.54, 1.807) is 18.3 Å². The molecule has 1 saturated carbocycles. The first-order valence-electron chi connectivity index (χ1n) is 11.6. The highest BCUT2D eigenvalue weighted by Gasteiger charge is 2.34. The molecule has 0 spiro atoms. The Morgan fingerprint density at radius 2 is 1.83 bits per heavy atom. The van der Waals surface area contributed by atoms with Crippen molar-refractivity contribution in [3.8, 4) is 0 Å². The molecule has 0 radical (unpaired) electrons. The predicted molar refractivity (Wildman–Crippen MR) is 125 cm³/mol. The molecule has 0 atom stereocenters. The van der Waals surface area contributed by atoms with E-state index >= 15 is 0 Å². The van der Waals surface area contributed by atoms with Crippen LogP contribution >= 0.6 is 0 Å². The Bertz CT molecular complexity index is 1250. The van der Waals surface area contributed by atoms with Crippen molar-refractivity contribution in [3.05, 3.63) is 54.2 Å². The van der Waals surface area contributed by atoms with Gasteiger partial charge in [0.1, 0.15) is 23.6 Å². The van der Waals surface area contributed by atoms with E-state index < -0.39 is 11.7 Å². The second kappa shape index (κ2) is 9.83. The van der Waals surface area contributed by atoms with E-state index in [0.717, 1.165) is 12.8 Å². The van der Waals surface area contributed by atoms with Gasteiger partial charge in [0, 0.05) is 30.4 Å². The second-order valence-electron chi connectivity index (χ2n) is 8.75. The molecule has 3 amide bonds. The van der Waals surface area contributed by atoms with Gasteiger partial charge in [0.05, 0.1) is 6.61 Å². The van der Waals surface area contributed by atoms with Crippen molar-refractivity contribution in [2.75, 3.05) is 30.4 Å². The van der Waals surface area contributed by atoms with Crippen LogP contribution in [0.3, 0.4) is 0 Å². The van der Waals surface area contributed by atoms with Crippen LogP contribution in [0, 0.1) is 11.7 Å². The molecule has 182 valence electrons. The van der Waals surface area contributed by atoms with Gasteiger partial charge in [0.25, 0.3) is 5.91 Å². The Morgan fingerprint density at radius 1 is 1.06 bits per heavy atom. The topological polar surface area (TPSA) is 114 Å². The van der Waals surface area contributed by atoms with Crippen LogP contribution < -0.4 is 10.6 Å². The highest BCUT2D eigenvalue weighted by atomic mass is 19.1. The molecule has 35 heavy (non-hydrogen) atoms. The fourth-order valence-corrected chi connectivity index (χ4v) is 4.72. The fourth-order valence-electron chi connectivity index (χ4n) is 4.72. The molecule has 9 nitrogen and oxygen atoms in total. The van der Waals surface area contributed by atoms with Gasteiger partial charge in [-0.2, -0.15) is 0 Å². The monoisotopic (exact) mass is 480 g/mol. The number of nitrogens with one attached hydrogen (secondary N) is 2. The summed E-state index contributed by atoms with van der Waals surface area (Å²) in [5.41, 5.74) is 1.33. The Hall–Kier alpha value is -3.79. The van der Waals surface area contributed by atoms with Crippen molar-refractivity contribution in [2.45, 2.75) is 31.7 Å². The van der Waals surface area contributed by atoms with Gasteiger partial charge in [-0.25, -0.2) is 4.39 Å². The predicted octanol–water partition coefficient (Wildman–Crippen LogP) is 3.58. The van der Waals surface area contributed by atoms with Crippen LogP contribution in [0.15, 0.2) is 47.0 Å². The average molecular weight is 480 g/mol. The van der Waals surface area contributed by atoms with Crippen LogP contribution in [0.25, 0.3) is 11.1 Å². The number of anilines is 2. The highest BCUT2D eigenvalue weighted by molar-refractivity contribution is 6.13. The highest BCUT2D eigenvalue weighted by Crippen LogP contribution is 2.33. The molecule has 2 N–H and O–H groups in total. The Labute approximate surface area is 200 Å². The summed E-state index contributed by atoms with van der Waals surface area (Å²) in [7, 11) is 0. The molecule has 2 aliphatic rings.